The van der Waals surface area contributed by atoms with Crippen molar-refractivity contribution in [3.05, 3.63) is 60.7 Å². The van der Waals surface area contributed by atoms with Gasteiger partial charge in [-0.15, -0.1) is 24.0 Å². The molecule has 0 radical (unpaired) electrons. The summed E-state index contributed by atoms with van der Waals surface area (Å²) in [6.07, 6.45) is 6.33. The zero-order valence-corrected chi connectivity index (χ0v) is 21.2. The number of hydrogen-bond acceptors (Lipinski definition) is 7. The minimum absolute atomic E-state index is 0. The first-order chi connectivity index (χ1) is 15.8. The third-order valence-electron chi connectivity index (χ3n) is 5.38. The van der Waals surface area contributed by atoms with Gasteiger partial charge in [-0.1, -0.05) is 18.2 Å². The second-order valence-electron chi connectivity index (χ2n) is 7.59. The van der Waals surface area contributed by atoms with Crippen LogP contribution >= 0.6 is 24.0 Å². The minimum atomic E-state index is 0. The van der Waals surface area contributed by atoms with E-state index in [4.69, 9.17) is 4.42 Å². The first-order valence-corrected chi connectivity index (χ1v) is 11.0. The summed E-state index contributed by atoms with van der Waals surface area (Å²) in [6, 6.07) is 11.7. The summed E-state index contributed by atoms with van der Waals surface area (Å²) in [4.78, 5) is 22.3. The highest BCUT2D eigenvalue weighted by molar-refractivity contribution is 14.0. The zero-order chi connectivity index (χ0) is 22.0. The van der Waals surface area contributed by atoms with Crippen LogP contribution in [-0.4, -0.2) is 72.1 Å². The third-order valence-corrected chi connectivity index (χ3v) is 5.38. The molecule has 3 heterocycles. The van der Waals surface area contributed by atoms with Crippen molar-refractivity contribution in [3.63, 3.8) is 0 Å². The van der Waals surface area contributed by atoms with E-state index in [0.717, 1.165) is 68.9 Å². The van der Waals surface area contributed by atoms with Gasteiger partial charge in [0.15, 0.2) is 5.96 Å². The molecule has 33 heavy (non-hydrogen) atoms. The lowest BCUT2D eigenvalue weighted by molar-refractivity contribution is 0.254. The SMILES string of the molecule is CN=C(NCCCN1CCN(c2ncccn2)CC1)NCc1coc(-c2ccccc2)n1.I. The van der Waals surface area contributed by atoms with Crippen LogP contribution in [0, 0.1) is 0 Å². The normalized spacial score (nSPS) is 14.6. The Hall–Kier alpha value is -2.73. The third kappa shape index (κ3) is 7.39. The zero-order valence-electron chi connectivity index (χ0n) is 18.9. The number of nitrogens with zero attached hydrogens (tertiary/aromatic N) is 6. The minimum Gasteiger partial charge on any atom is -0.444 e. The Morgan fingerprint density at radius 1 is 1.03 bits per heavy atom. The van der Waals surface area contributed by atoms with Gasteiger partial charge in [-0.3, -0.25) is 9.89 Å². The molecular formula is C23H31IN8O. The molecule has 1 aromatic carbocycles. The van der Waals surface area contributed by atoms with Crippen LogP contribution in [-0.2, 0) is 6.54 Å². The van der Waals surface area contributed by atoms with Crippen LogP contribution < -0.4 is 15.5 Å². The summed E-state index contributed by atoms with van der Waals surface area (Å²) in [5, 5.41) is 6.67. The molecule has 2 aromatic heterocycles. The molecule has 2 N–H and O–H groups in total. The van der Waals surface area contributed by atoms with Crippen molar-refractivity contribution in [2.75, 3.05) is 51.2 Å². The number of benzene rings is 1. The van der Waals surface area contributed by atoms with E-state index < -0.39 is 0 Å². The second kappa shape index (κ2) is 13.1. The fraction of sp³-hybridized carbons (Fsp3) is 0.391. The maximum atomic E-state index is 5.59. The fourth-order valence-electron chi connectivity index (χ4n) is 3.63. The number of guanidine groups is 1. The van der Waals surface area contributed by atoms with E-state index in [9.17, 15) is 0 Å². The standard InChI is InChI=1S/C23H30N8O.HI/c1-24-22(28-17-20-18-32-21(29-20)19-7-3-2-4-8-19)25-11-6-12-30-13-15-31(16-14-30)23-26-9-5-10-27-23;/h2-5,7-10,18H,6,11-17H2,1H3,(H2,24,25,28);1H. The molecule has 4 rings (SSSR count). The van der Waals surface area contributed by atoms with Crippen molar-refractivity contribution < 1.29 is 4.42 Å². The summed E-state index contributed by atoms with van der Waals surface area (Å²) in [6.45, 7) is 6.45. The number of rotatable bonds is 8. The van der Waals surface area contributed by atoms with Crippen molar-refractivity contribution in [1.82, 2.24) is 30.5 Å². The van der Waals surface area contributed by atoms with Gasteiger partial charge in [0.1, 0.15) is 6.26 Å². The van der Waals surface area contributed by atoms with Gasteiger partial charge in [0.2, 0.25) is 11.8 Å². The summed E-state index contributed by atoms with van der Waals surface area (Å²) < 4.78 is 5.59. The van der Waals surface area contributed by atoms with Crippen molar-refractivity contribution in [2.45, 2.75) is 13.0 Å². The highest BCUT2D eigenvalue weighted by Crippen LogP contribution is 2.17. The van der Waals surface area contributed by atoms with Crippen LogP contribution in [0.2, 0.25) is 0 Å². The maximum absolute atomic E-state index is 5.59. The largest absolute Gasteiger partial charge is 0.444 e. The smallest absolute Gasteiger partial charge is 0.226 e. The number of aromatic nitrogens is 3. The van der Waals surface area contributed by atoms with Gasteiger partial charge >= 0.3 is 0 Å². The molecule has 1 saturated heterocycles. The summed E-state index contributed by atoms with van der Waals surface area (Å²) in [5.74, 6) is 2.22. The average molecular weight is 562 g/mol. The van der Waals surface area contributed by atoms with E-state index in [1.165, 1.54) is 0 Å². The van der Waals surface area contributed by atoms with Crippen LogP contribution in [0.3, 0.4) is 0 Å². The molecule has 3 aromatic rings. The molecule has 1 aliphatic rings. The topological polar surface area (TPSA) is 94.7 Å². The Balaban J connectivity index is 0.00000306. The molecule has 0 saturated carbocycles. The molecule has 176 valence electrons. The quantitative estimate of drug-likeness (QED) is 0.187. The van der Waals surface area contributed by atoms with Gasteiger partial charge in [-0.25, -0.2) is 15.0 Å². The van der Waals surface area contributed by atoms with Gasteiger partial charge in [0.05, 0.1) is 12.2 Å². The van der Waals surface area contributed by atoms with Crippen molar-refractivity contribution >= 4 is 35.9 Å². The highest BCUT2D eigenvalue weighted by atomic mass is 127. The molecule has 1 fully saturated rings. The van der Waals surface area contributed by atoms with Crippen LogP contribution in [0.1, 0.15) is 12.1 Å². The Morgan fingerprint density at radius 3 is 2.52 bits per heavy atom. The van der Waals surface area contributed by atoms with Crippen molar-refractivity contribution in [2.24, 2.45) is 4.99 Å². The van der Waals surface area contributed by atoms with E-state index in [2.05, 4.69) is 40.4 Å². The summed E-state index contributed by atoms with van der Waals surface area (Å²) >= 11 is 0. The molecule has 1 aliphatic heterocycles. The molecule has 0 aliphatic carbocycles. The molecule has 10 heteroatoms. The van der Waals surface area contributed by atoms with Crippen LogP contribution in [0.4, 0.5) is 5.95 Å². The number of oxazole rings is 1. The van der Waals surface area contributed by atoms with Gasteiger partial charge in [-0.05, 0) is 31.2 Å². The van der Waals surface area contributed by atoms with E-state index in [0.29, 0.717) is 12.4 Å². The Kier molecular flexibility index (Phi) is 9.88. The first-order valence-electron chi connectivity index (χ1n) is 11.0. The number of anilines is 1. The Labute approximate surface area is 211 Å². The molecule has 0 amide bonds. The first kappa shape index (κ1) is 24.9. The van der Waals surface area contributed by atoms with Crippen LogP contribution in [0.5, 0.6) is 0 Å². The van der Waals surface area contributed by atoms with Gasteiger partial charge in [-0.2, -0.15) is 0 Å². The number of hydrogen-bond donors (Lipinski definition) is 2. The van der Waals surface area contributed by atoms with Gasteiger partial charge in [0.25, 0.3) is 0 Å². The van der Waals surface area contributed by atoms with Crippen molar-refractivity contribution in [3.8, 4) is 11.5 Å². The average Bonchev–Trinajstić information content (AvgIpc) is 3.34. The Bertz CT molecular complexity index is 974. The predicted octanol–water partition coefficient (Wildman–Crippen LogP) is 2.63. The van der Waals surface area contributed by atoms with E-state index in [-0.39, 0.29) is 24.0 Å². The lowest BCUT2D eigenvalue weighted by atomic mass is 10.2. The molecule has 9 nitrogen and oxygen atoms in total. The van der Waals surface area contributed by atoms with Crippen molar-refractivity contribution in [1.29, 1.82) is 0 Å². The number of piperazine rings is 1. The monoisotopic (exact) mass is 562 g/mol. The van der Waals surface area contributed by atoms with E-state index >= 15 is 0 Å². The Morgan fingerprint density at radius 2 is 1.79 bits per heavy atom. The number of halogens is 1. The summed E-state index contributed by atoms with van der Waals surface area (Å²) in [5.41, 5.74) is 1.81. The predicted molar refractivity (Wildman–Crippen MR) is 141 cm³/mol. The molecule has 0 spiro atoms. The highest BCUT2D eigenvalue weighted by Gasteiger charge is 2.18. The second-order valence-corrected chi connectivity index (χ2v) is 7.59. The number of nitrogens with one attached hydrogen (secondary N) is 2. The van der Waals surface area contributed by atoms with Gasteiger partial charge < -0.3 is 20.0 Å². The molecule has 0 bridgehead atoms. The fourth-order valence-corrected chi connectivity index (χ4v) is 3.63. The van der Waals surface area contributed by atoms with E-state index in [1.54, 1.807) is 25.7 Å². The molecule has 0 unspecified atom stereocenters. The molecular weight excluding hydrogens is 531 g/mol. The van der Waals surface area contributed by atoms with Crippen LogP contribution in [0.15, 0.2) is 64.5 Å². The maximum Gasteiger partial charge on any atom is 0.226 e. The van der Waals surface area contributed by atoms with E-state index in [1.807, 2.05) is 36.4 Å². The van der Waals surface area contributed by atoms with Gasteiger partial charge in [0, 0.05) is 57.7 Å². The number of aliphatic imine (C=N–C) groups is 1. The lowest BCUT2D eigenvalue weighted by Crippen LogP contribution is -2.47. The molecule has 0 atom stereocenters. The van der Waals surface area contributed by atoms with Crippen LogP contribution in [0.25, 0.3) is 11.5 Å². The summed E-state index contributed by atoms with van der Waals surface area (Å²) in [7, 11) is 1.78. The lowest BCUT2D eigenvalue weighted by Gasteiger charge is -2.34.